The van der Waals surface area contributed by atoms with Crippen LogP contribution in [0.5, 0.6) is 0 Å². The monoisotopic (exact) mass is 292 g/mol. The van der Waals surface area contributed by atoms with Crippen molar-refractivity contribution < 1.29 is 19.1 Å². The molecule has 4 nitrogen and oxygen atoms in total. The first-order valence-electron chi connectivity index (χ1n) is 6.37. The molecule has 0 radical (unpaired) electrons. The molecule has 1 atom stereocenters. The van der Waals surface area contributed by atoms with Crippen molar-refractivity contribution in [2.75, 3.05) is 6.61 Å². The maximum atomic E-state index is 11.7. The van der Waals surface area contributed by atoms with Gasteiger partial charge in [-0.05, 0) is 25.8 Å². The number of carbonyl (C=O) groups is 2. The summed E-state index contributed by atoms with van der Waals surface area (Å²) < 4.78 is 9.35. The number of thioether (sulfide) groups is 1. The highest BCUT2D eigenvalue weighted by atomic mass is 32.2. The lowest BCUT2D eigenvalue weighted by molar-refractivity contribution is -0.106. The van der Waals surface area contributed by atoms with Crippen LogP contribution < -0.4 is 0 Å². The molecule has 0 N–H and O–H groups in total. The average molecular weight is 292 g/mol. The van der Waals surface area contributed by atoms with Crippen LogP contribution in [0, 0.1) is 0 Å². The molecule has 1 aliphatic heterocycles. The molecule has 0 unspecified atom stereocenters. The van der Waals surface area contributed by atoms with Gasteiger partial charge in [0.2, 0.25) is 5.12 Å². The fraction of sp³-hybridized carbons (Fsp3) is 0.333. The first kappa shape index (κ1) is 14.7. The summed E-state index contributed by atoms with van der Waals surface area (Å²) in [7, 11) is 0. The first-order chi connectivity index (χ1) is 9.53. The summed E-state index contributed by atoms with van der Waals surface area (Å²) >= 11 is 1.17. The zero-order chi connectivity index (χ0) is 14.6. The molecule has 0 amide bonds. The molecule has 0 fully saturated rings. The maximum absolute atomic E-state index is 11.7. The van der Waals surface area contributed by atoms with Crippen LogP contribution in [0.4, 0.5) is 4.79 Å². The molecule has 0 saturated carbocycles. The molecule has 0 bridgehead atoms. The first-order valence-corrected chi connectivity index (χ1v) is 7.19. The minimum absolute atomic E-state index is 0.109. The third-order valence-electron chi connectivity index (χ3n) is 2.94. The molecule has 1 aliphatic rings. The Bertz CT molecular complexity index is 538. The van der Waals surface area contributed by atoms with Gasteiger partial charge >= 0.3 is 6.16 Å². The number of benzene rings is 1. The molecule has 0 aromatic heterocycles. The Morgan fingerprint density at radius 3 is 2.65 bits per heavy atom. The summed E-state index contributed by atoms with van der Waals surface area (Å²) in [6, 6.07) is 9.78. The number of hydrogen-bond acceptors (Lipinski definition) is 5. The van der Waals surface area contributed by atoms with Crippen molar-refractivity contribution in [1.82, 2.24) is 0 Å². The molecule has 0 saturated heterocycles. The second-order valence-corrected chi connectivity index (χ2v) is 6.12. The Labute approximate surface area is 122 Å². The van der Waals surface area contributed by atoms with Gasteiger partial charge in [-0.2, -0.15) is 0 Å². The average Bonchev–Trinajstić information content (AvgIpc) is 2.65. The summed E-state index contributed by atoms with van der Waals surface area (Å²) in [5.41, 5.74) is 1.08. The topological polar surface area (TPSA) is 52.6 Å². The van der Waals surface area contributed by atoms with Gasteiger partial charge in [0.15, 0.2) is 0 Å². The van der Waals surface area contributed by atoms with E-state index < -0.39 is 10.9 Å². The summed E-state index contributed by atoms with van der Waals surface area (Å²) in [6.45, 7) is 3.83. The molecule has 1 aromatic rings. The normalized spacial score (nSPS) is 21.5. The highest BCUT2D eigenvalue weighted by molar-refractivity contribution is 8.15. The molecular formula is C15H16O4S. The van der Waals surface area contributed by atoms with Gasteiger partial charge < -0.3 is 9.47 Å². The predicted octanol–water partition coefficient (Wildman–Crippen LogP) is 3.32. The number of rotatable bonds is 4. The van der Waals surface area contributed by atoms with E-state index in [-0.39, 0.29) is 11.7 Å². The molecule has 2 rings (SSSR count). The van der Waals surface area contributed by atoms with E-state index in [0.29, 0.717) is 12.2 Å². The predicted molar refractivity (Wildman–Crippen MR) is 77.3 cm³/mol. The van der Waals surface area contributed by atoms with Crippen LogP contribution in [0.15, 0.2) is 42.2 Å². The van der Waals surface area contributed by atoms with Crippen LogP contribution in [0.2, 0.25) is 0 Å². The standard InChI is InChI=1S/C15H16O4S/c1-3-18-14(17)19-12-9-13(16)20-15(12,2)10-11-7-5-4-6-8-11/h4-9H,3,10H2,1-2H3/t15-/m1/s1. The lowest BCUT2D eigenvalue weighted by Crippen LogP contribution is -2.27. The molecule has 106 valence electrons. The van der Waals surface area contributed by atoms with E-state index in [1.54, 1.807) is 6.92 Å². The molecule has 20 heavy (non-hydrogen) atoms. The van der Waals surface area contributed by atoms with Gasteiger partial charge in [0, 0.05) is 6.08 Å². The number of carbonyl (C=O) groups excluding carboxylic acids is 2. The van der Waals surface area contributed by atoms with Crippen LogP contribution >= 0.6 is 11.8 Å². The lowest BCUT2D eigenvalue weighted by Gasteiger charge is -2.25. The van der Waals surface area contributed by atoms with Crippen molar-refractivity contribution in [2.24, 2.45) is 0 Å². The van der Waals surface area contributed by atoms with E-state index in [9.17, 15) is 9.59 Å². The Morgan fingerprint density at radius 2 is 2.00 bits per heavy atom. The van der Waals surface area contributed by atoms with Crippen molar-refractivity contribution in [3.63, 3.8) is 0 Å². The van der Waals surface area contributed by atoms with Gasteiger partial charge in [0.25, 0.3) is 0 Å². The lowest BCUT2D eigenvalue weighted by atomic mass is 9.98. The highest BCUT2D eigenvalue weighted by Crippen LogP contribution is 2.42. The van der Waals surface area contributed by atoms with Gasteiger partial charge in [0.1, 0.15) is 5.76 Å². The van der Waals surface area contributed by atoms with E-state index in [1.165, 1.54) is 17.8 Å². The van der Waals surface area contributed by atoms with Crippen LogP contribution in [-0.2, 0) is 20.7 Å². The van der Waals surface area contributed by atoms with Crippen molar-refractivity contribution in [1.29, 1.82) is 0 Å². The molecule has 0 spiro atoms. The Morgan fingerprint density at radius 1 is 1.30 bits per heavy atom. The molecule has 1 aromatic carbocycles. The molecular weight excluding hydrogens is 276 g/mol. The van der Waals surface area contributed by atoms with E-state index in [4.69, 9.17) is 9.47 Å². The van der Waals surface area contributed by atoms with Crippen LogP contribution in [0.3, 0.4) is 0 Å². The molecule has 5 heteroatoms. The molecule has 0 aliphatic carbocycles. The van der Waals surface area contributed by atoms with E-state index >= 15 is 0 Å². The maximum Gasteiger partial charge on any atom is 0.513 e. The summed E-state index contributed by atoms with van der Waals surface area (Å²) in [5.74, 6) is 0.356. The SMILES string of the molecule is CCOC(=O)OC1=CC(=O)S[C@]1(C)Cc1ccccc1. The largest absolute Gasteiger partial charge is 0.513 e. The number of ether oxygens (including phenoxy) is 2. The smallest absolute Gasteiger partial charge is 0.434 e. The van der Waals surface area contributed by atoms with Crippen molar-refractivity contribution in [3.8, 4) is 0 Å². The third kappa shape index (κ3) is 3.42. The quantitative estimate of drug-likeness (QED) is 0.797. The van der Waals surface area contributed by atoms with Gasteiger partial charge in [-0.1, -0.05) is 42.1 Å². The Kier molecular flexibility index (Phi) is 4.49. The highest BCUT2D eigenvalue weighted by Gasteiger charge is 2.41. The van der Waals surface area contributed by atoms with Gasteiger partial charge in [-0.25, -0.2) is 4.79 Å². The van der Waals surface area contributed by atoms with E-state index in [2.05, 4.69) is 0 Å². The Balaban J connectivity index is 2.14. The minimum atomic E-state index is -0.770. The summed E-state index contributed by atoms with van der Waals surface area (Å²) in [5, 5.41) is -0.109. The second-order valence-electron chi connectivity index (χ2n) is 4.61. The zero-order valence-corrected chi connectivity index (χ0v) is 12.2. The third-order valence-corrected chi connectivity index (χ3v) is 4.05. The fourth-order valence-electron chi connectivity index (χ4n) is 2.04. The fourth-order valence-corrected chi connectivity index (χ4v) is 3.09. The van der Waals surface area contributed by atoms with Crippen molar-refractivity contribution in [3.05, 3.63) is 47.7 Å². The Hall–Kier alpha value is -1.75. The van der Waals surface area contributed by atoms with Gasteiger partial charge in [-0.15, -0.1) is 0 Å². The van der Waals surface area contributed by atoms with Gasteiger partial charge in [0.05, 0.1) is 11.4 Å². The number of hydrogen-bond donors (Lipinski definition) is 0. The van der Waals surface area contributed by atoms with Gasteiger partial charge in [-0.3, -0.25) is 4.79 Å². The zero-order valence-electron chi connectivity index (χ0n) is 11.4. The van der Waals surface area contributed by atoms with Crippen molar-refractivity contribution >= 4 is 23.0 Å². The summed E-state index contributed by atoms with van der Waals surface area (Å²) in [6.07, 6.45) is 1.20. The van der Waals surface area contributed by atoms with E-state index in [0.717, 1.165) is 5.56 Å². The minimum Gasteiger partial charge on any atom is -0.434 e. The van der Waals surface area contributed by atoms with Crippen LogP contribution in [0.25, 0.3) is 0 Å². The van der Waals surface area contributed by atoms with Crippen LogP contribution in [0.1, 0.15) is 19.4 Å². The van der Waals surface area contributed by atoms with Crippen molar-refractivity contribution in [2.45, 2.75) is 25.0 Å². The second kappa shape index (κ2) is 6.13. The molecule has 1 heterocycles. The summed E-state index contributed by atoms with van der Waals surface area (Å²) in [4.78, 5) is 23.1. The van der Waals surface area contributed by atoms with Crippen LogP contribution in [-0.4, -0.2) is 22.6 Å². The van der Waals surface area contributed by atoms with E-state index in [1.807, 2.05) is 37.3 Å².